The van der Waals surface area contributed by atoms with Crippen LogP contribution in [0.2, 0.25) is 0 Å². The van der Waals surface area contributed by atoms with Crippen molar-refractivity contribution in [1.29, 1.82) is 0 Å². The Hall–Kier alpha value is -0.309. The molecule has 0 unspecified atom stereocenters. The summed E-state index contributed by atoms with van der Waals surface area (Å²) in [6.07, 6.45) is 2.51. The molecule has 0 aliphatic carbocycles. The maximum Gasteiger partial charge on any atom is 2.00 e. The zero-order valence-corrected chi connectivity index (χ0v) is 16.6. The fourth-order valence-electron chi connectivity index (χ4n) is 0.990. The van der Waals surface area contributed by atoms with Crippen LogP contribution in [0, 0.1) is 0 Å². The Bertz CT molecular complexity index is 683. The van der Waals surface area contributed by atoms with E-state index in [1.807, 2.05) is 0 Å². The third-order valence-corrected chi connectivity index (χ3v) is 3.30. The second-order valence-electron chi connectivity index (χ2n) is 3.24. The number of pyridine rings is 2. The van der Waals surface area contributed by atoms with Gasteiger partial charge in [0.25, 0.3) is 0 Å². The summed E-state index contributed by atoms with van der Waals surface area (Å²) >= 11 is 0. The molecule has 0 fully saturated rings. The minimum Gasteiger partial charge on any atom is -0.743 e. The van der Waals surface area contributed by atoms with Crippen LogP contribution in [0.4, 0.5) is 0 Å². The molecule has 2 aromatic heterocycles. The van der Waals surface area contributed by atoms with Crippen molar-refractivity contribution in [2.75, 3.05) is 0 Å². The minimum absolute atomic E-state index is 0. The predicted octanol–water partition coefficient (Wildman–Crippen LogP) is -0.409. The standard InChI is InChI=1S/2C5H5NO3S.Ba/c2*7-10(8,9)5-3-1-2-4-6-5;/h2*1-4H,(H,7,8,9);/q;;+2/p-2. The topological polar surface area (TPSA) is 140 Å². The van der Waals surface area contributed by atoms with Gasteiger partial charge in [-0.25, -0.2) is 26.8 Å². The van der Waals surface area contributed by atoms with Gasteiger partial charge >= 0.3 is 48.9 Å². The summed E-state index contributed by atoms with van der Waals surface area (Å²) in [5.41, 5.74) is 0. The van der Waals surface area contributed by atoms with Crippen LogP contribution in [0.1, 0.15) is 0 Å². The smallest absolute Gasteiger partial charge is 0.743 e. The fraction of sp³-hybridized carbons (Fsp3) is 0. The molecule has 0 aliphatic rings. The van der Waals surface area contributed by atoms with E-state index in [9.17, 15) is 25.9 Å². The predicted molar refractivity (Wildman–Crippen MR) is 70.2 cm³/mol. The van der Waals surface area contributed by atoms with Crippen molar-refractivity contribution in [2.24, 2.45) is 0 Å². The van der Waals surface area contributed by atoms with E-state index in [4.69, 9.17) is 0 Å². The SMILES string of the molecule is O=S(=O)([O-])c1ccccn1.O=S(=O)([O-])c1ccccn1.[Ba+2]. The molecule has 8 nitrogen and oxygen atoms in total. The molecule has 0 saturated heterocycles. The average molecular weight is 454 g/mol. The normalized spacial score (nSPS) is 10.8. The van der Waals surface area contributed by atoms with Gasteiger partial charge in [0.1, 0.15) is 30.3 Å². The largest absolute Gasteiger partial charge is 2.00 e. The van der Waals surface area contributed by atoms with Crippen molar-refractivity contribution in [3.63, 3.8) is 0 Å². The summed E-state index contributed by atoms with van der Waals surface area (Å²) in [4.78, 5) is 6.70. The molecule has 0 aliphatic heterocycles. The van der Waals surface area contributed by atoms with Crippen molar-refractivity contribution in [3.8, 4) is 0 Å². The quantitative estimate of drug-likeness (QED) is 0.441. The molecule has 0 radical (unpaired) electrons. The number of hydrogen-bond donors (Lipinski definition) is 0. The van der Waals surface area contributed by atoms with Crippen LogP contribution in [0.5, 0.6) is 0 Å². The van der Waals surface area contributed by atoms with Gasteiger partial charge in [-0.3, -0.25) is 0 Å². The maximum absolute atomic E-state index is 10.2. The van der Waals surface area contributed by atoms with Crippen molar-refractivity contribution in [3.05, 3.63) is 48.8 Å². The zero-order chi connectivity index (χ0) is 15.2. The molecule has 2 heterocycles. The molecule has 0 amide bonds. The summed E-state index contributed by atoms with van der Waals surface area (Å²) in [5, 5.41) is -0.870. The van der Waals surface area contributed by atoms with E-state index in [2.05, 4.69) is 9.97 Å². The first kappa shape index (κ1) is 20.7. The summed E-state index contributed by atoms with van der Waals surface area (Å²) < 4.78 is 61.3. The van der Waals surface area contributed by atoms with E-state index in [0.29, 0.717) is 0 Å². The summed E-state index contributed by atoms with van der Waals surface area (Å²) in [7, 11) is -8.73. The van der Waals surface area contributed by atoms with E-state index in [0.717, 1.165) is 12.1 Å². The Morgan fingerprint density at radius 3 is 1.19 bits per heavy atom. The summed E-state index contributed by atoms with van der Waals surface area (Å²) in [6.45, 7) is 0. The molecule has 2 aromatic rings. The van der Waals surface area contributed by atoms with Crippen LogP contribution in [-0.4, -0.2) is 84.8 Å². The third kappa shape index (κ3) is 8.04. The molecule has 0 bridgehead atoms. The Morgan fingerprint density at radius 1 is 0.714 bits per heavy atom. The molecular formula is C10H8BaN2O6S2. The second-order valence-corrected chi connectivity index (χ2v) is 5.90. The molecule has 0 aromatic carbocycles. The van der Waals surface area contributed by atoms with E-state index in [1.165, 1.54) is 36.7 Å². The van der Waals surface area contributed by atoms with E-state index < -0.39 is 30.3 Å². The number of aromatic nitrogens is 2. The van der Waals surface area contributed by atoms with E-state index in [1.54, 1.807) is 0 Å². The Morgan fingerprint density at radius 2 is 1.05 bits per heavy atom. The van der Waals surface area contributed by atoms with Gasteiger partial charge in [0.2, 0.25) is 0 Å². The molecule has 2 rings (SSSR count). The molecule has 108 valence electrons. The molecule has 0 spiro atoms. The van der Waals surface area contributed by atoms with Crippen LogP contribution in [0.25, 0.3) is 0 Å². The molecular weight excluding hydrogens is 446 g/mol. The zero-order valence-electron chi connectivity index (χ0n) is 10.5. The van der Waals surface area contributed by atoms with Gasteiger partial charge in [0.05, 0.1) is 0 Å². The van der Waals surface area contributed by atoms with Crippen molar-refractivity contribution >= 4 is 69.1 Å². The first-order valence-electron chi connectivity index (χ1n) is 4.95. The van der Waals surface area contributed by atoms with Gasteiger partial charge in [-0.2, -0.15) is 0 Å². The van der Waals surface area contributed by atoms with Crippen molar-refractivity contribution in [2.45, 2.75) is 10.1 Å². The van der Waals surface area contributed by atoms with Crippen LogP contribution in [0.15, 0.2) is 58.8 Å². The Labute approximate surface area is 162 Å². The molecule has 21 heavy (non-hydrogen) atoms. The van der Waals surface area contributed by atoms with Gasteiger partial charge < -0.3 is 9.11 Å². The van der Waals surface area contributed by atoms with Crippen LogP contribution >= 0.6 is 0 Å². The van der Waals surface area contributed by atoms with Crippen LogP contribution in [0.3, 0.4) is 0 Å². The average Bonchev–Trinajstić information content (AvgIpc) is 2.40. The van der Waals surface area contributed by atoms with Gasteiger partial charge in [-0.15, -0.1) is 0 Å². The summed E-state index contributed by atoms with van der Waals surface area (Å²) in [6, 6.07) is 8.27. The molecule has 11 heteroatoms. The minimum atomic E-state index is -4.36. The Balaban J connectivity index is 0.000000364. The molecule has 0 N–H and O–H groups in total. The van der Waals surface area contributed by atoms with E-state index >= 15 is 0 Å². The van der Waals surface area contributed by atoms with Gasteiger partial charge in [-0.05, 0) is 24.3 Å². The van der Waals surface area contributed by atoms with Crippen molar-refractivity contribution < 1.29 is 25.9 Å². The fourth-order valence-corrected chi connectivity index (χ4v) is 1.86. The molecule has 0 atom stereocenters. The van der Waals surface area contributed by atoms with Gasteiger partial charge in [0, 0.05) is 12.4 Å². The van der Waals surface area contributed by atoms with Gasteiger partial charge in [0.15, 0.2) is 0 Å². The first-order chi connectivity index (χ1) is 9.21. The number of hydrogen-bond acceptors (Lipinski definition) is 8. The summed E-state index contributed by atoms with van der Waals surface area (Å²) in [5.74, 6) is 0. The Kier molecular flexibility index (Phi) is 8.84. The third-order valence-electron chi connectivity index (χ3n) is 1.79. The number of rotatable bonds is 2. The van der Waals surface area contributed by atoms with Crippen molar-refractivity contribution in [1.82, 2.24) is 9.97 Å². The van der Waals surface area contributed by atoms with Gasteiger partial charge in [-0.1, -0.05) is 12.1 Å². The second kappa shape index (κ2) is 8.97. The molecule has 0 saturated carbocycles. The van der Waals surface area contributed by atoms with Crippen LogP contribution in [-0.2, 0) is 20.2 Å². The van der Waals surface area contributed by atoms with Crippen LogP contribution < -0.4 is 0 Å². The first-order valence-corrected chi connectivity index (χ1v) is 7.77. The monoisotopic (exact) mass is 454 g/mol. The number of nitrogens with zero attached hydrogens (tertiary/aromatic N) is 2. The van der Waals surface area contributed by atoms with E-state index in [-0.39, 0.29) is 48.9 Å². The maximum atomic E-state index is 10.2.